The molecular weight excluding hydrogens is 376 g/mol. The van der Waals surface area contributed by atoms with E-state index in [0.717, 1.165) is 30.5 Å². The van der Waals surface area contributed by atoms with Crippen LogP contribution in [-0.4, -0.2) is 26.6 Å². The molecule has 4 rings (SSSR count). The fraction of sp³-hybridized carbons (Fsp3) is 0.292. The molecular formula is C24H26N4O2. The topological polar surface area (TPSA) is 83.0 Å². The molecule has 0 aliphatic heterocycles. The number of nitrogens with two attached hydrogens (primary N) is 1. The highest BCUT2D eigenvalue weighted by Crippen LogP contribution is 2.31. The summed E-state index contributed by atoms with van der Waals surface area (Å²) < 4.78 is 7.24. The highest BCUT2D eigenvalue weighted by atomic mass is 16.5. The number of ether oxygens (including phenoxy) is 1. The van der Waals surface area contributed by atoms with Crippen molar-refractivity contribution in [1.29, 1.82) is 0 Å². The number of aryl methyl sites for hydroxylation is 1. The van der Waals surface area contributed by atoms with Gasteiger partial charge in [-0.05, 0) is 56.5 Å². The Bertz CT molecular complexity index is 1210. The molecule has 2 aromatic carbocycles. The molecule has 0 saturated heterocycles. The molecule has 0 bridgehead atoms. The van der Waals surface area contributed by atoms with E-state index >= 15 is 0 Å². The number of hydrogen-bond donors (Lipinski definition) is 1. The normalized spacial score (nSPS) is 11.5. The van der Waals surface area contributed by atoms with Crippen LogP contribution in [0.3, 0.4) is 0 Å². The van der Waals surface area contributed by atoms with Crippen molar-refractivity contribution in [1.82, 2.24) is 14.5 Å². The van der Waals surface area contributed by atoms with E-state index in [1.165, 1.54) is 5.56 Å². The number of carbonyl (C=O) groups is 1. The molecule has 0 saturated carbocycles. The quantitative estimate of drug-likeness (QED) is 0.456. The average Bonchev–Trinajstić information content (AvgIpc) is 3.01. The van der Waals surface area contributed by atoms with Crippen LogP contribution in [0.1, 0.15) is 49.5 Å². The molecule has 0 aliphatic carbocycles. The summed E-state index contributed by atoms with van der Waals surface area (Å²) >= 11 is 0. The molecule has 0 atom stereocenters. The summed E-state index contributed by atoms with van der Waals surface area (Å²) in [7, 11) is 0. The van der Waals surface area contributed by atoms with Gasteiger partial charge >= 0.3 is 5.97 Å². The Balaban J connectivity index is 1.93. The van der Waals surface area contributed by atoms with Crippen LogP contribution in [0, 0.1) is 0 Å². The number of nitrogens with zero attached hydrogens (tertiary/aromatic N) is 3. The van der Waals surface area contributed by atoms with Crippen LogP contribution >= 0.6 is 0 Å². The zero-order valence-electron chi connectivity index (χ0n) is 17.6. The van der Waals surface area contributed by atoms with E-state index in [-0.39, 0.29) is 17.5 Å². The highest BCUT2D eigenvalue weighted by molar-refractivity contribution is 6.09. The Morgan fingerprint density at radius 1 is 1.07 bits per heavy atom. The van der Waals surface area contributed by atoms with Gasteiger partial charge < -0.3 is 10.5 Å². The Morgan fingerprint density at radius 3 is 2.37 bits per heavy atom. The van der Waals surface area contributed by atoms with E-state index in [4.69, 9.17) is 20.4 Å². The lowest BCUT2D eigenvalue weighted by Gasteiger charge is -2.10. The molecule has 2 heterocycles. The molecule has 0 spiro atoms. The first-order valence-electron chi connectivity index (χ1n) is 10.4. The largest absolute Gasteiger partial charge is 0.459 e. The molecule has 6 nitrogen and oxygen atoms in total. The van der Waals surface area contributed by atoms with Crippen molar-refractivity contribution in [2.75, 3.05) is 5.73 Å². The van der Waals surface area contributed by atoms with Crippen LogP contribution in [0.25, 0.3) is 27.9 Å². The molecule has 0 radical (unpaired) electrons. The zero-order valence-corrected chi connectivity index (χ0v) is 17.6. The van der Waals surface area contributed by atoms with Gasteiger partial charge in [0.05, 0.1) is 17.1 Å². The smallest absolute Gasteiger partial charge is 0.344 e. The van der Waals surface area contributed by atoms with Crippen molar-refractivity contribution in [3.8, 4) is 5.69 Å². The van der Waals surface area contributed by atoms with Crippen LogP contribution < -0.4 is 5.73 Å². The summed E-state index contributed by atoms with van der Waals surface area (Å²) in [6.45, 7) is 5.80. The number of para-hydroxylation sites is 2. The predicted molar refractivity (Wildman–Crippen MR) is 120 cm³/mol. The molecule has 0 amide bonds. The van der Waals surface area contributed by atoms with Gasteiger partial charge in [0.1, 0.15) is 16.9 Å². The van der Waals surface area contributed by atoms with Gasteiger partial charge in [-0.15, -0.1) is 0 Å². The molecule has 0 aliphatic rings. The summed E-state index contributed by atoms with van der Waals surface area (Å²) in [4.78, 5) is 22.3. The van der Waals surface area contributed by atoms with Gasteiger partial charge in [-0.2, -0.15) is 0 Å². The monoisotopic (exact) mass is 402 g/mol. The maximum absolute atomic E-state index is 12.9. The van der Waals surface area contributed by atoms with Crippen LogP contribution in [0.5, 0.6) is 0 Å². The van der Waals surface area contributed by atoms with Gasteiger partial charge in [-0.25, -0.2) is 14.8 Å². The first-order valence-corrected chi connectivity index (χ1v) is 10.4. The van der Waals surface area contributed by atoms with Crippen molar-refractivity contribution < 1.29 is 9.53 Å². The van der Waals surface area contributed by atoms with Crippen LogP contribution in [0.2, 0.25) is 0 Å². The molecule has 2 N–H and O–H groups in total. The van der Waals surface area contributed by atoms with Crippen LogP contribution in [0.4, 0.5) is 5.82 Å². The second-order valence-corrected chi connectivity index (χ2v) is 7.70. The minimum atomic E-state index is -0.490. The van der Waals surface area contributed by atoms with E-state index in [0.29, 0.717) is 16.7 Å². The Kier molecular flexibility index (Phi) is 5.40. The third kappa shape index (κ3) is 3.61. The summed E-state index contributed by atoms with van der Waals surface area (Å²) in [6.07, 6.45) is 3.08. The first kappa shape index (κ1) is 19.9. The standard InChI is InChI=1S/C24H26N4O2/c1-4-5-8-16-11-13-17(14-12-16)28-22(25)20(24(29)30-15(2)3)21-23(28)27-19-10-7-6-9-18(19)26-21/h6-7,9-15H,4-5,8,25H2,1-3H3. The van der Waals surface area contributed by atoms with Crippen molar-refractivity contribution in [3.63, 3.8) is 0 Å². The van der Waals surface area contributed by atoms with E-state index in [2.05, 4.69) is 19.1 Å². The van der Waals surface area contributed by atoms with Gasteiger partial charge in [0, 0.05) is 5.69 Å². The van der Waals surface area contributed by atoms with Crippen LogP contribution in [-0.2, 0) is 11.2 Å². The van der Waals surface area contributed by atoms with Crippen molar-refractivity contribution >= 4 is 34.0 Å². The Hall–Kier alpha value is -3.41. The van der Waals surface area contributed by atoms with Crippen molar-refractivity contribution in [2.24, 2.45) is 0 Å². The molecule has 30 heavy (non-hydrogen) atoms. The summed E-state index contributed by atoms with van der Waals surface area (Å²) in [5.41, 5.74) is 11.3. The van der Waals surface area contributed by atoms with E-state index < -0.39 is 5.97 Å². The Morgan fingerprint density at radius 2 is 1.73 bits per heavy atom. The number of nitrogen functional groups attached to an aromatic ring is 1. The predicted octanol–water partition coefficient (Wildman–Crippen LogP) is 5.06. The van der Waals surface area contributed by atoms with E-state index in [9.17, 15) is 4.79 Å². The number of rotatable bonds is 6. The Labute approximate surface area is 175 Å². The van der Waals surface area contributed by atoms with Gasteiger partial charge in [0.25, 0.3) is 0 Å². The zero-order chi connectivity index (χ0) is 21.3. The number of unbranched alkanes of at least 4 members (excludes halogenated alkanes) is 1. The third-order valence-electron chi connectivity index (χ3n) is 5.06. The van der Waals surface area contributed by atoms with Gasteiger partial charge in [0.15, 0.2) is 5.65 Å². The fourth-order valence-corrected chi connectivity index (χ4v) is 3.59. The summed E-state index contributed by atoms with van der Waals surface area (Å²) in [5, 5.41) is 0. The molecule has 154 valence electrons. The SMILES string of the molecule is CCCCc1ccc(-n2c(N)c(C(=O)OC(C)C)c3nc4ccccc4nc32)cc1. The third-order valence-corrected chi connectivity index (χ3v) is 5.06. The maximum atomic E-state index is 12.9. The number of hydrogen-bond acceptors (Lipinski definition) is 5. The molecule has 0 fully saturated rings. The molecule has 0 unspecified atom stereocenters. The lowest BCUT2D eigenvalue weighted by Crippen LogP contribution is -2.13. The average molecular weight is 402 g/mol. The number of anilines is 1. The van der Waals surface area contributed by atoms with Crippen LogP contribution in [0.15, 0.2) is 48.5 Å². The van der Waals surface area contributed by atoms with E-state index in [1.54, 1.807) is 4.57 Å². The maximum Gasteiger partial charge on any atom is 0.344 e. The molecule has 4 aromatic rings. The van der Waals surface area contributed by atoms with E-state index in [1.807, 2.05) is 50.2 Å². The lowest BCUT2D eigenvalue weighted by molar-refractivity contribution is 0.0381. The fourth-order valence-electron chi connectivity index (χ4n) is 3.59. The molecule has 2 aromatic heterocycles. The number of fused-ring (bicyclic) bond motifs is 2. The minimum absolute atomic E-state index is 0.256. The van der Waals surface area contributed by atoms with Crippen molar-refractivity contribution in [3.05, 3.63) is 59.7 Å². The second kappa shape index (κ2) is 8.14. The molecule has 6 heteroatoms. The highest BCUT2D eigenvalue weighted by Gasteiger charge is 2.26. The number of aromatic nitrogens is 3. The van der Waals surface area contributed by atoms with Gasteiger partial charge in [-0.3, -0.25) is 4.57 Å². The van der Waals surface area contributed by atoms with Gasteiger partial charge in [-0.1, -0.05) is 37.6 Å². The summed E-state index contributed by atoms with van der Waals surface area (Å²) in [6, 6.07) is 15.8. The van der Waals surface area contributed by atoms with Crippen molar-refractivity contribution in [2.45, 2.75) is 46.1 Å². The number of benzene rings is 2. The number of esters is 1. The summed E-state index contributed by atoms with van der Waals surface area (Å²) in [5.74, 6) is -0.206. The van der Waals surface area contributed by atoms with Gasteiger partial charge in [0.2, 0.25) is 0 Å². The minimum Gasteiger partial charge on any atom is -0.459 e. The first-order chi connectivity index (χ1) is 14.5. The number of carbonyl (C=O) groups excluding carboxylic acids is 1. The lowest BCUT2D eigenvalue weighted by atomic mass is 10.1. The second-order valence-electron chi connectivity index (χ2n) is 7.70.